The van der Waals surface area contributed by atoms with E-state index in [0.29, 0.717) is 11.7 Å². The van der Waals surface area contributed by atoms with Crippen LogP contribution in [0.2, 0.25) is 0 Å². The van der Waals surface area contributed by atoms with E-state index in [2.05, 4.69) is 27.9 Å². The molecule has 2 aromatic rings. The van der Waals surface area contributed by atoms with Gasteiger partial charge >= 0.3 is 5.00 Å². The Hall–Kier alpha value is -3.05. The zero-order valence-electron chi connectivity index (χ0n) is 31.3. The number of nitrogens with two attached hydrogens (primary N) is 1. The Morgan fingerprint density at radius 3 is 1.78 bits per heavy atom. The molecule has 282 valence electrons. The van der Waals surface area contributed by atoms with Crippen molar-refractivity contribution in [1.82, 2.24) is 4.98 Å². The molecule has 0 aliphatic heterocycles. The van der Waals surface area contributed by atoms with Crippen LogP contribution in [0.1, 0.15) is 178 Å². The van der Waals surface area contributed by atoms with Gasteiger partial charge in [-0.3, -0.25) is 25.0 Å². The molecule has 11 heteroatoms. The molecule has 0 saturated heterocycles. The van der Waals surface area contributed by atoms with Crippen molar-refractivity contribution < 1.29 is 14.5 Å². The minimum atomic E-state index is -0.521. The lowest BCUT2D eigenvalue weighted by Gasteiger charge is -2.13. The molecule has 50 heavy (non-hydrogen) atoms. The summed E-state index contributed by atoms with van der Waals surface area (Å²) in [5.41, 5.74) is 7.94. The van der Waals surface area contributed by atoms with Gasteiger partial charge in [-0.15, -0.1) is 0 Å². The first kappa shape index (κ1) is 43.1. The van der Waals surface area contributed by atoms with E-state index in [4.69, 9.17) is 5.73 Å². The van der Waals surface area contributed by atoms with Gasteiger partial charge in [0.1, 0.15) is 5.69 Å². The summed E-state index contributed by atoms with van der Waals surface area (Å²) in [6.45, 7) is 5.97. The average Bonchev–Trinajstić information content (AvgIpc) is 3.45. The lowest BCUT2D eigenvalue weighted by Crippen LogP contribution is -2.19. The standard InChI is InChI=1S/C39H66N6O4S/c1-4-5-6-22-25-33(40)26-23-20-18-16-14-12-10-8-7-9-11-13-15-17-19-21-24-29-41-34-27-28-35(36(30-34)43-32(3)46)37(47)44-39-42-31(2)38(50-39)45(48)49/h27-28,30,33,41H,4-26,29,40H2,1-3H3,(H,43,46)(H,42,44,47). The number of anilines is 3. The fraction of sp³-hybridized carbons (Fsp3) is 0.718. The Balaban J connectivity index is 1.45. The third-order valence-electron chi connectivity index (χ3n) is 9.24. The van der Waals surface area contributed by atoms with Crippen LogP contribution in [0.3, 0.4) is 0 Å². The zero-order valence-corrected chi connectivity index (χ0v) is 32.1. The second kappa shape index (κ2) is 26.7. The van der Waals surface area contributed by atoms with E-state index < -0.39 is 10.8 Å². The highest BCUT2D eigenvalue weighted by molar-refractivity contribution is 7.19. The van der Waals surface area contributed by atoms with Crippen LogP contribution in [0.15, 0.2) is 18.2 Å². The Labute approximate surface area is 305 Å². The van der Waals surface area contributed by atoms with E-state index in [1.165, 1.54) is 149 Å². The average molecular weight is 715 g/mol. The van der Waals surface area contributed by atoms with Gasteiger partial charge in [0.2, 0.25) is 5.91 Å². The first-order chi connectivity index (χ1) is 24.2. The summed E-state index contributed by atoms with van der Waals surface area (Å²) in [6, 6.07) is 5.60. The van der Waals surface area contributed by atoms with Crippen molar-refractivity contribution in [3.05, 3.63) is 39.6 Å². The summed E-state index contributed by atoms with van der Waals surface area (Å²) in [4.78, 5) is 39.4. The molecule has 0 aliphatic rings. The van der Waals surface area contributed by atoms with Crippen LogP contribution in [0.25, 0.3) is 0 Å². The highest BCUT2D eigenvalue weighted by atomic mass is 32.1. The number of carbonyl (C=O) groups is 2. The second-order valence-corrected chi connectivity index (χ2v) is 14.9. The number of hydrogen-bond donors (Lipinski definition) is 4. The van der Waals surface area contributed by atoms with E-state index >= 15 is 0 Å². The largest absolute Gasteiger partial charge is 0.385 e. The molecule has 0 radical (unpaired) electrons. The first-order valence-electron chi connectivity index (χ1n) is 19.6. The topological polar surface area (TPSA) is 152 Å². The van der Waals surface area contributed by atoms with Gasteiger partial charge in [-0.1, -0.05) is 135 Å². The highest BCUT2D eigenvalue weighted by Crippen LogP contribution is 2.31. The molecule has 10 nitrogen and oxygen atoms in total. The first-order valence-corrected chi connectivity index (χ1v) is 20.4. The molecule has 2 rings (SSSR count). The van der Waals surface area contributed by atoms with Crippen LogP contribution in [0.5, 0.6) is 0 Å². The predicted molar refractivity (Wildman–Crippen MR) is 211 cm³/mol. The minimum absolute atomic E-state index is 0.116. The van der Waals surface area contributed by atoms with Gasteiger partial charge < -0.3 is 16.4 Å². The zero-order chi connectivity index (χ0) is 36.4. The number of carbonyl (C=O) groups excluding carboxylic acids is 2. The van der Waals surface area contributed by atoms with Crippen LogP contribution >= 0.6 is 11.3 Å². The van der Waals surface area contributed by atoms with Crippen molar-refractivity contribution in [1.29, 1.82) is 0 Å². The summed E-state index contributed by atoms with van der Waals surface area (Å²) in [5.74, 6) is -0.797. The Morgan fingerprint density at radius 1 is 0.800 bits per heavy atom. The number of hydrogen-bond acceptors (Lipinski definition) is 8. The van der Waals surface area contributed by atoms with E-state index in [-0.39, 0.29) is 27.3 Å². The number of unbranched alkanes of at least 4 members (excludes halogenated alkanes) is 19. The fourth-order valence-corrected chi connectivity index (χ4v) is 7.09. The van der Waals surface area contributed by atoms with E-state index in [9.17, 15) is 19.7 Å². The lowest BCUT2D eigenvalue weighted by molar-refractivity contribution is -0.380. The Kier molecular flexibility index (Phi) is 23.0. The summed E-state index contributed by atoms with van der Waals surface area (Å²) in [7, 11) is 0. The number of aromatic nitrogens is 1. The molecule has 1 heterocycles. The fourth-order valence-electron chi connectivity index (χ4n) is 6.31. The van der Waals surface area contributed by atoms with Crippen molar-refractivity contribution in [2.75, 3.05) is 22.5 Å². The molecule has 0 spiro atoms. The molecule has 0 aliphatic carbocycles. The number of thiazole rings is 1. The molecule has 2 amide bonds. The Bertz CT molecular complexity index is 1250. The van der Waals surface area contributed by atoms with Gasteiger partial charge in [0.05, 0.1) is 16.2 Å². The maximum atomic E-state index is 12.9. The van der Waals surface area contributed by atoms with Crippen LogP contribution in [0, 0.1) is 17.0 Å². The number of benzene rings is 1. The second-order valence-electron chi connectivity index (χ2n) is 13.9. The molecular formula is C39H66N6O4S. The van der Waals surface area contributed by atoms with Gasteiger partial charge in [0, 0.05) is 25.2 Å². The van der Waals surface area contributed by atoms with Crippen LogP contribution in [-0.4, -0.2) is 34.3 Å². The van der Waals surface area contributed by atoms with Crippen LogP contribution < -0.4 is 21.7 Å². The quantitative estimate of drug-likeness (QED) is 0.0357. The highest BCUT2D eigenvalue weighted by Gasteiger charge is 2.21. The molecule has 5 N–H and O–H groups in total. The molecule has 0 saturated carbocycles. The number of nitrogens with zero attached hydrogens (tertiary/aromatic N) is 2. The molecule has 1 aromatic carbocycles. The van der Waals surface area contributed by atoms with Crippen molar-refractivity contribution in [3.8, 4) is 0 Å². The number of rotatable bonds is 30. The van der Waals surface area contributed by atoms with Gasteiger partial charge in [0.15, 0.2) is 5.13 Å². The normalized spacial score (nSPS) is 11.8. The molecule has 1 unspecified atom stereocenters. The molecule has 0 bridgehead atoms. The summed E-state index contributed by atoms with van der Waals surface area (Å²) in [5, 5.41) is 19.9. The van der Waals surface area contributed by atoms with Crippen LogP contribution in [0.4, 0.5) is 21.5 Å². The van der Waals surface area contributed by atoms with E-state index in [1.54, 1.807) is 18.2 Å². The van der Waals surface area contributed by atoms with Crippen molar-refractivity contribution in [2.24, 2.45) is 5.73 Å². The monoisotopic (exact) mass is 714 g/mol. The molecular weight excluding hydrogens is 649 g/mol. The van der Waals surface area contributed by atoms with Crippen LogP contribution in [-0.2, 0) is 4.79 Å². The number of nitrogens with one attached hydrogen (secondary N) is 3. The van der Waals surface area contributed by atoms with Crippen molar-refractivity contribution >= 4 is 44.7 Å². The predicted octanol–water partition coefficient (Wildman–Crippen LogP) is 11.3. The lowest BCUT2D eigenvalue weighted by atomic mass is 10.0. The van der Waals surface area contributed by atoms with Gasteiger partial charge in [-0.2, -0.15) is 0 Å². The van der Waals surface area contributed by atoms with Gasteiger partial charge in [-0.25, -0.2) is 4.98 Å². The molecule has 0 fully saturated rings. The van der Waals surface area contributed by atoms with Gasteiger partial charge in [-0.05, 0) is 55.7 Å². The van der Waals surface area contributed by atoms with Gasteiger partial charge in [0.25, 0.3) is 5.91 Å². The molecule has 1 atom stereocenters. The maximum Gasteiger partial charge on any atom is 0.348 e. The minimum Gasteiger partial charge on any atom is -0.385 e. The summed E-state index contributed by atoms with van der Waals surface area (Å²) < 4.78 is 0. The summed E-state index contributed by atoms with van der Waals surface area (Å²) >= 11 is 0.801. The SMILES string of the molecule is CCCCCCC(N)CCCCCCCCCCCCCCCCCCCNc1ccc(C(=O)Nc2nc(C)c([N+](=O)[O-])s2)c(NC(C)=O)c1. The third kappa shape index (κ3) is 19.4. The molecule has 1 aromatic heterocycles. The van der Waals surface area contributed by atoms with E-state index in [1.807, 2.05) is 0 Å². The van der Waals surface area contributed by atoms with Crippen molar-refractivity contribution in [3.63, 3.8) is 0 Å². The third-order valence-corrected chi connectivity index (χ3v) is 10.3. The maximum absolute atomic E-state index is 12.9. The van der Waals surface area contributed by atoms with E-state index in [0.717, 1.165) is 36.4 Å². The summed E-state index contributed by atoms with van der Waals surface area (Å²) in [6.07, 6.45) is 30.2. The Morgan fingerprint density at radius 2 is 1.30 bits per heavy atom. The van der Waals surface area contributed by atoms with Crippen molar-refractivity contribution in [2.45, 2.75) is 174 Å². The number of aryl methyl sites for hydroxylation is 1. The smallest absolute Gasteiger partial charge is 0.348 e. The number of nitro groups is 1. The number of amides is 2.